The van der Waals surface area contributed by atoms with Gasteiger partial charge < -0.3 is 13.9 Å². The molecule has 0 saturated carbocycles. The molecule has 0 radical (unpaired) electrons. The number of allylic oxidation sites excluding steroid dienone is 2. The van der Waals surface area contributed by atoms with Crippen LogP contribution in [0.25, 0.3) is 21.9 Å². The van der Waals surface area contributed by atoms with E-state index in [2.05, 4.69) is 32.6 Å². The number of alkyl halides is 1. The van der Waals surface area contributed by atoms with E-state index in [1.807, 2.05) is 45.0 Å². The van der Waals surface area contributed by atoms with E-state index in [-0.39, 0.29) is 17.2 Å². The second-order valence-corrected chi connectivity index (χ2v) is 9.52. The predicted molar refractivity (Wildman–Crippen MR) is 125 cm³/mol. The van der Waals surface area contributed by atoms with Crippen molar-refractivity contribution >= 4 is 45.1 Å². The molecule has 2 unspecified atom stereocenters. The summed E-state index contributed by atoms with van der Waals surface area (Å²) in [6, 6.07) is 9.78. The Morgan fingerprint density at radius 2 is 1.80 bits per heavy atom. The molecule has 4 rings (SSSR count). The average Bonchev–Trinajstić information content (AvgIpc) is 3.02. The smallest absolute Gasteiger partial charge is 0.167 e. The number of rotatable bonds is 2. The number of hydrogen-bond acceptors (Lipinski definition) is 3. The summed E-state index contributed by atoms with van der Waals surface area (Å²) in [7, 11) is 0. The monoisotopic (exact) mass is 444 g/mol. The lowest BCUT2D eigenvalue weighted by Crippen LogP contribution is -2.45. The van der Waals surface area contributed by atoms with Gasteiger partial charge in [0.25, 0.3) is 0 Å². The van der Waals surface area contributed by atoms with Crippen LogP contribution in [0, 0.1) is 5.92 Å². The van der Waals surface area contributed by atoms with E-state index in [0.717, 1.165) is 39.0 Å². The Morgan fingerprint density at radius 3 is 2.50 bits per heavy atom. The zero-order valence-corrected chi connectivity index (χ0v) is 19.4. The standard InChI is InChI=1S/C25H26Cl2O3/c1-13-9-14(2)28-17(5)25(6,15(3)16(4)26)30-24-12-21-19-8-7-18(27)10-22(19)29-23(21)11-20(13)24/h7-13,15-16H,5H2,1-4,6H3/b14-9+/t13?,15-,16-,25?/m0/s1. The minimum Gasteiger partial charge on any atom is -0.479 e. The SMILES string of the molecule is C=C1O/C(C)=C/C(C)c2cc3oc4cc(Cl)ccc4c3cc2OC1(C)[C@@H](C)[C@H](C)Cl. The topological polar surface area (TPSA) is 31.6 Å². The Labute approximate surface area is 187 Å². The van der Waals surface area contributed by atoms with Gasteiger partial charge in [0.1, 0.15) is 22.7 Å². The van der Waals surface area contributed by atoms with E-state index < -0.39 is 5.60 Å². The molecule has 0 N–H and O–H groups in total. The Morgan fingerprint density at radius 1 is 1.10 bits per heavy atom. The normalized spacial score (nSPS) is 25.9. The summed E-state index contributed by atoms with van der Waals surface area (Å²) >= 11 is 12.7. The predicted octanol–water partition coefficient (Wildman–Crippen LogP) is 8.19. The molecule has 0 fully saturated rings. The average molecular weight is 445 g/mol. The third-order valence-electron chi connectivity index (χ3n) is 6.26. The maximum absolute atomic E-state index is 6.70. The zero-order chi connectivity index (χ0) is 21.8. The van der Waals surface area contributed by atoms with Crippen LogP contribution in [0.3, 0.4) is 0 Å². The third kappa shape index (κ3) is 3.48. The first-order chi connectivity index (χ1) is 14.1. The van der Waals surface area contributed by atoms with Crippen molar-refractivity contribution in [3.8, 4) is 5.75 Å². The van der Waals surface area contributed by atoms with Gasteiger partial charge in [-0.05, 0) is 51.1 Å². The van der Waals surface area contributed by atoms with Crippen LogP contribution < -0.4 is 4.74 Å². The summed E-state index contributed by atoms with van der Waals surface area (Å²) < 4.78 is 18.9. The fourth-order valence-electron chi connectivity index (χ4n) is 4.08. The van der Waals surface area contributed by atoms with Crippen molar-refractivity contribution in [2.45, 2.75) is 51.5 Å². The van der Waals surface area contributed by atoms with Gasteiger partial charge in [0, 0.05) is 44.6 Å². The molecular formula is C25H26Cl2O3. The van der Waals surface area contributed by atoms with E-state index in [9.17, 15) is 0 Å². The van der Waals surface area contributed by atoms with Crippen molar-refractivity contribution < 1.29 is 13.9 Å². The van der Waals surface area contributed by atoms with Crippen LogP contribution in [0.5, 0.6) is 5.75 Å². The summed E-state index contributed by atoms with van der Waals surface area (Å²) in [6.45, 7) is 14.2. The maximum Gasteiger partial charge on any atom is 0.167 e. The summed E-state index contributed by atoms with van der Waals surface area (Å²) in [5.41, 5.74) is 1.76. The molecule has 1 aliphatic rings. The third-order valence-corrected chi connectivity index (χ3v) is 6.87. The molecule has 0 aliphatic carbocycles. The van der Waals surface area contributed by atoms with Crippen molar-refractivity contribution in [1.29, 1.82) is 0 Å². The van der Waals surface area contributed by atoms with Crippen molar-refractivity contribution in [1.82, 2.24) is 0 Å². The molecule has 0 saturated heterocycles. The molecule has 1 aromatic heterocycles. The summed E-state index contributed by atoms with van der Waals surface area (Å²) in [6.07, 6.45) is 2.07. The molecule has 5 heteroatoms. The quantitative estimate of drug-likeness (QED) is 0.373. The Balaban J connectivity index is 1.98. The molecule has 3 nitrogen and oxygen atoms in total. The van der Waals surface area contributed by atoms with Gasteiger partial charge in [-0.15, -0.1) is 11.6 Å². The highest BCUT2D eigenvalue weighted by Gasteiger charge is 2.42. The van der Waals surface area contributed by atoms with Gasteiger partial charge in [-0.1, -0.05) is 32.0 Å². The zero-order valence-electron chi connectivity index (χ0n) is 17.9. The van der Waals surface area contributed by atoms with Crippen molar-refractivity contribution in [3.05, 3.63) is 65.1 Å². The number of fused-ring (bicyclic) bond motifs is 4. The van der Waals surface area contributed by atoms with E-state index in [1.165, 1.54) is 0 Å². The van der Waals surface area contributed by atoms with Gasteiger partial charge in [0.15, 0.2) is 5.60 Å². The van der Waals surface area contributed by atoms with E-state index in [4.69, 9.17) is 37.1 Å². The van der Waals surface area contributed by atoms with Crippen LogP contribution in [0.2, 0.25) is 5.02 Å². The molecule has 158 valence electrons. The van der Waals surface area contributed by atoms with Crippen LogP contribution in [0.1, 0.15) is 46.1 Å². The number of halogens is 2. The molecule has 4 atom stereocenters. The summed E-state index contributed by atoms with van der Waals surface area (Å²) in [4.78, 5) is 0. The lowest BCUT2D eigenvalue weighted by molar-refractivity contribution is 0.0215. The minimum absolute atomic E-state index is 0.0451. The minimum atomic E-state index is -0.814. The molecular weight excluding hydrogens is 419 g/mol. The van der Waals surface area contributed by atoms with Gasteiger partial charge in [0.2, 0.25) is 0 Å². The van der Waals surface area contributed by atoms with Crippen LogP contribution in [-0.4, -0.2) is 11.0 Å². The Kier molecular flexibility index (Phi) is 5.32. The second kappa shape index (κ2) is 7.55. The number of hydrogen-bond donors (Lipinski definition) is 0. The first kappa shape index (κ1) is 21.1. The fraction of sp³-hybridized carbons (Fsp3) is 0.360. The lowest BCUT2D eigenvalue weighted by atomic mass is 9.86. The summed E-state index contributed by atoms with van der Waals surface area (Å²) in [5.74, 6) is 2.10. The van der Waals surface area contributed by atoms with Crippen molar-refractivity contribution in [2.24, 2.45) is 5.92 Å². The molecule has 2 aromatic carbocycles. The highest BCUT2D eigenvalue weighted by atomic mass is 35.5. The van der Waals surface area contributed by atoms with E-state index in [0.29, 0.717) is 10.8 Å². The van der Waals surface area contributed by atoms with E-state index in [1.54, 1.807) is 0 Å². The molecule has 0 amide bonds. The molecule has 0 spiro atoms. The summed E-state index contributed by atoms with van der Waals surface area (Å²) in [5, 5.41) is 2.48. The van der Waals surface area contributed by atoms with E-state index >= 15 is 0 Å². The van der Waals surface area contributed by atoms with Crippen LogP contribution in [-0.2, 0) is 4.74 Å². The fourth-order valence-corrected chi connectivity index (χ4v) is 4.48. The Bertz CT molecular complexity index is 1170. The highest BCUT2D eigenvalue weighted by molar-refractivity contribution is 6.31. The molecule has 1 aliphatic heterocycles. The van der Waals surface area contributed by atoms with Crippen molar-refractivity contribution in [2.75, 3.05) is 0 Å². The lowest BCUT2D eigenvalue weighted by Gasteiger charge is -2.38. The molecule has 2 heterocycles. The highest BCUT2D eigenvalue weighted by Crippen LogP contribution is 2.44. The largest absolute Gasteiger partial charge is 0.479 e. The van der Waals surface area contributed by atoms with Gasteiger partial charge in [-0.25, -0.2) is 0 Å². The Hall–Kier alpha value is -2.10. The first-order valence-corrected chi connectivity index (χ1v) is 11.0. The van der Waals surface area contributed by atoms with Crippen LogP contribution >= 0.6 is 23.2 Å². The van der Waals surface area contributed by atoms with Crippen molar-refractivity contribution in [3.63, 3.8) is 0 Å². The maximum atomic E-state index is 6.70. The number of furan rings is 1. The van der Waals surface area contributed by atoms with Gasteiger partial charge in [-0.3, -0.25) is 0 Å². The van der Waals surface area contributed by atoms with Crippen LogP contribution in [0.4, 0.5) is 0 Å². The van der Waals surface area contributed by atoms with Gasteiger partial charge in [0.05, 0.1) is 5.76 Å². The second-order valence-electron chi connectivity index (χ2n) is 8.40. The number of ether oxygens (including phenoxy) is 2. The number of benzene rings is 2. The first-order valence-electron chi connectivity index (χ1n) is 10.1. The molecule has 30 heavy (non-hydrogen) atoms. The molecule has 0 bridgehead atoms. The van der Waals surface area contributed by atoms with Gasteiger partial charge in [-0.2, -0.15) is 0 Å². The molecule has 3 aromatic rings. The van der Waals surface area contributed by atoms with Gasteiger partial charge >= 0.3 is 0 Å². The van der Waals surface area contributed by atoms with Crippen LogP contribution in [0.15, 0.2) is 58.9 Å².